The van der Waals surface area contributed by atoms with E-state index in [2.05, 4.69) is 15.0 Å². The van der Waals surface area contributed by atoms with Crippen molar-refractivity contribution in [1.29, 1.82) is 0 Å². The summed E-state index contributed by atoms with van der Waals surface area (Å²) in [4.78, 5) is 25.2. The second-order valence-corrected chi connectivity index (χ2v) is 7.59. The van der Waals surface area contributed by atoms with E-state index >= 15 is 0 Å². The minimum atomic E-state index is -1.06. The highest BCUT2D eigenvalue weighted by Crippen LogP contribution is 2.41. The van der Waals surface area contributed by atoms with Gasteiger partial charge in [-0.25, -0.2) is 15.0 Å². The van der Waals surface area contributed by atoms with Crippen molar-refractivity contribution in [2.75, 3.05) is 12.3 Å². The van der Waals surface area contributed by atoms with Gasteiger partial charge in [0.1, 0.15) is 17.9 Å². The fraction of sp³-hybridized carbons (Fsp3) is 0.667. The van der Waals surface area contributed by atoms with Gasteiger partial charge in [-0.3, -0.25) is 9.36 Å². The fourth-order valence-corrected chi connectivity index (χ4v) is 3.95. The van der Waals surface area contributed by atoms with Gasteiger partial charge >= 0.3 is 0 Å². The van der Waals surface area contributed by atoms with Crippen LogP contribution in [0.4, 0.5) is 5.82 Å². The summed E-state index contributed by atoms with van der Waals surface area (Å²) in [7, 11) is 0. The maximum absolute atomic E-state index is 12.9. The fourth-order valence-electron chi connectivity index (χ4n) is 3.95. The Morgan fingerprint density at radius 1 is 1.36 bits per heavy atom. The van der Waals surface area contributed by atoms with Gasteiger partial charge in [0.15, 0.2) is 23.5 Å². The third-order valence-electron chi connectivity index (χ3n) is 5.59. The maximum Gasteiger partial charge on any atom is 0.167 e. The zero-order chi connectivity index (χ0) is 20.6. The number of hydrogen-bond donors (Lipinski definition) is 4. The predicted molar refractivity (Wildman–Crippen MR) is 102 cm³/mol. The Hall–Kier alpha value is -2.14. The van der Waals surface area contributed by atoms with Crippen molar-refractivity contribution < 1.29 is 19.7 Å². The van der Waals surface area contributed by atoms with E-state index in [9.17, 15) is 15.0 Å². The molecule has 1 aliphatic heterocycles. The standard InChI is InChI=1S/C18H28N6O4/c1-4-9(14(26)12(19)8(2)3)11-10(5-25)28-18(15(11)27)24-7-23-13-16(20)21-6-22-17(13)24/h6-12,15,18,25,27H,4-5,19H2,1-3H3,(H2,20,21,22)/t9?,10?,11?,12?,15?,18-/m1/s1. The number of Topliss-reactive ketones (excluding diaryl/α,β-unsaturated/α-hetero) is 1. The Kier molecular flexibility index (Phi) is 5.94. The molecule has 0 spiro atoms. The number of carbonyl (C=O) groups is 1. The van der Waals surface area contributed by atoms with E-state index < -0.39 is 36.3 Å². The molecule has 0 saturated carbocycles. The van der Waals surface area contributed by atoms with Crippen LogP contribution >= 0.6 is 0 Å². The van der Waals surface area contributed by atoms with Gasteiger partial charge in [0, 0.05) is 11.8 Å². The summed E-state index contributed by atoms with van der Waals surface area (Å²) >= 11 is 0. The first-order valence-corrected chi connectivity index (χ1v) is 9.48. The second-order valence-electron chi connectivity index (χ2n) is 7.59. The van der Waals surface area contributed by atoms with Crippen LogP contribution in [-0.2, 0) is 9.53 Å². The van der Waals surface area contributed by atoms with E-state index in [1.165, 1.54) is 12.7 Å². The minimum absolute atomic E-state index is 0.0262. The molecule has 154 valence electrons. The van der Waals surface area contributed by atoms with Crippen LogP contribution in [0, 0.1) is 17.8 Å². The number of ketones is 1. The number of carbonyl (C=O) groups excluding carboxylic acids is 1. The van der Waals surface area contributed by atoms with Gasteiger partial charge in [0.2, 0.25) is 0 Å². The highest BCUT2D eigenvalue weighted by atomic mass is 16.5. The normalized spacial score (nSPS) is 27.4. The van der Waals surface area contributed by atoms with Crippen LogP contribution < -0.4 is 11.5 Å². The van der Waals surface area contributed by atoms with Crippen LogP contribution in [0.3, 0.4) is 0 Å². The van der Waals surface area contributed by atoms with Gasteiger partial charge in [-0.2, -0.15) is 0 Å². The number of aromatic nitrogens is 4. The Morgan fingerprint density at radius 2 is 2.07 bits per heavy atom. The molecule has 10 heteroatoms. The van der Waals surface area contributed by atoms with Gasteiger partial charge in [-0.15, -0.1) is 0 Å². The molecule has 0 radical (unpaired) electrons. The van der Waals surface area contributed by atoms with Crippen LogP contribution in [0.15, 0.2) is 12.7 Å². The lowest BCUT2D eigenvalue weighted by molar-refractivity contribution is -0.129. The molecule has 28 heavy (non-hydrogen) atoms. The molecule has 1 aliphatic rings. The van der Waals surface area contributed by atoms with E-state index in [-0.39, 0.29) is 24.1 Å². The van der Waals surface area contributed by atoms with Crippen molar-refractivity contribution in [1.82, 2.24) is 19.5 Å². The number of hydrogen-bond acceptors (Lipinski definition) is 9. The monoisotopic (exact) mass is 392 g/mol. The summed E-state index contributed by atoms with van der Waals surface area (Å²) in [6, 6.07) is -0.642. The first kappa shape index (κ1) is 20.6. The molecule has 1 saturated heterocycles. The number of rotatable bonds is 7. The zero-order valence-corrected chi connectivity index (χ0v) is 16.3. The molecule has 0 aromatic carbocycles. The van der Waals surface area contributed by atoms with Crippen LogP contribution in [0.25, 0.3) is 11.2 Å². The number of aliphatic hydroxyl groups is 2. The lowest BCUT2D eigenvalue weighted by Gasteiger charge is -2.29. The van der Waals surface area contributed by atoms with Gasteiger partial charge in [-0.1, -0.05) is 20.8 Å². The molecule has 10 nitrogen and oxygen atoms in total. The summed E-state index contributed by atoms with van der Waals surface area (Å²) < 4.78 is 7.49. The van der Waals surface area contributed by atoms with Crippen molar-refractivity contribution >= 4 is 22.8 Å². The number of aliphatic hydroxyl groups excluding tert-OH is 2. The number of imidazole rings is 1. The summed E-state index contributed by atoms with van der Waals surface area (Å²) in [5.41, 5.74) is 12.7. The molecule has 2 aromatic heterocycles. The molecule has 0 bridgehead atoms. The van der Waals surface area contributed by atoms with Gasteiger partial charge in [-0.05, 0) is 12.3 Å². The van der Waals surface area contributed by atoms with Crippen molar-refractivity contribution in [2.24, 2.45) is 23.5 Å². The van der Waals surface area contributed by atoms with Gasteiger partial charge in [0.25, 0.3) is 0 Å². The van der Waals surface area contributed by atoms with Crippen molar-refractivity contribution in [3.63, 3.8) is 0 Å². The molecule has 6 atom stereocenters. The number of anilines is 1. The van der Waals surface area contributed by atoms with Crippen LogP contribution in [0.2, 0.25) is 0 Å². The SMILES string of the molecule is CCC(C(=O)C(N)C(C)C)C1C(CO)O[C@@H](n2cnc3c(N)ncnc32)C1O. The zero-order valence-electron chi connectivity index (χ0n) is 16.3. The van der Waals surface area contributed by atoms with E-state index in [0.717, 1.165) is 0 Å². The summed E-state index contributed by atoms with van der Waals surface area (Å²) in [6.45, 7) is 5.29. The highest BCUT2D eigenvalue weighted by Gasteiger charge is 2.50. The quantitative estimate of drug-likeness (QED) is 0.502. The average Bonchev–Trinajstić information content (AvgIpc) is 3.24. The largest absolute Gasteiger partial charge is 0.394 e. The summed E-state index contributed by atoms with van der Waals surface area (Å²) in [6.07, 6.45) is 0.608. The third-order valence-corrected chi connectivity index (χ3v) is 5.59. The first-order valence-electron chi connectivity index (χ1n) is 9.48. The molecule has 0 aliphatic carbocycles. The molecule has 1 fully saturated rings. The molecule has 3 heterocycles. The summed E-state index contributed by atoms with van der Waals surface area (Å²) in [5, 5.41) is 20.9. The lowest BCUT2D eigenvalue weighted by atomic mass is 9.77. The average molecular weight is 392 g/mol. The van der Waals surface area contributed by atoms with E-state index in [1.54, 1.807) is 4.57 Å². The molecule has 0 amide bonds. The number of nitrogens with two attached hydrogens (primary N) is 2. The van der Waals surface area contributed by atoms with Gasteiger partial charge < -0.3 is 26.4 Å². The number of nitrogen functional groups attached to an aromatic ring is 1. The van der Waals surface area contributed by atoms with Crippen molar-refractivity contribution in [3.05, 3.63) is 12.7 Å². The molecular formula is C18H28N6O4. The molecule has 5 unspecified atom stereocenters. The van der Waals surface area contributed by atoms with Crippen molar-refractivity contribution in [2.45, 2.75) is 51.7 Å². The number of nitrogens with zero attached hydrogens (tertiary/aromatic N) is 4. The van der Waals surface area contributed by atoms with Crippen molar-refractivity contribution in [3.8, 4) is 0 Å². The maximum atomic E-state index is 12.9. The molecule has 3 rings (SSSR count). The lowest BCUT2D eigenvalue weighted by Crippen LogP contribution is -2.46. The smallest absolute Gasteiger partial charge is 0.167 e. The predicted octanol–water partition coefficient (Wildman–Crippen LogP) is -0.146. The molecule has 6 N–H and O–H groups in total. The topological polar surface area (TPSA) is 162 Å². The Labute approximate surface area is 162 Å². The van der Waals surface area contributed by atoms with Gasteiger partial charge in [0.05, 0.1) is 25.1 Å². The second kappa shape index (κ2) is 8.08. The Morgan fingerprint density at radius 3 is 2.68 bits per heavy atom. The number of ether oxygens (including phenoxy) is 1. The first-order chi connectivity index (χ1) is 13.3. The highest BCUT2D eigenvalue weighted by molar-refractivity contribution is 5.86. The van der Waals surface area contributed by atoms with Crippen LogP contribution in [-0.4, -0.2) is 60.4 Å². The van der Waals surface area contributed by atoms with E-state index in [1.807, 2.05) is 20.8 Å². The Balaban J connectivity index is 1.95. The minimum Gasteiger partial charge on any atom is -0.394 e. The summed E-state index contributed by atoms with van der Waals surface area (Å²) in [5.74, 6) is -1.08. The number of fused-ring (bicyclic) bond motifs is 1. The molecular weight excluding hydrogens is 364 g/mol. The van der Waals surface area contributed by atoms with E-state index in [0.29, 0.717) is 17.6 Å². The third kappa shape index (κ3) is 3.37. The van der Waals surface area contributed by atoms with Crippen LogP contribution in [0.1, 0.15) is 33.4 Å². The van der Waals surface area contributed by atoms with E-state index in [4.69, 9.17) is 16.2 Å². The van der Waals surface area contributed by atoms with Crippen LogP contribution in [0.5, 0.6) is 0 Å². The molecule has 2 aromatic rings. The Bertz CT molecular complexity index is 841.